The molecule has 1 saturated carbocycles. The lowest BCUT2D eigenvalue weighted by Crippen LogP contribution is -2.38. The molecule has 1 aliphatic rings. The smallest absolute Gasteiger partial charge is 0.240 e. The molecule has 112 valence electrons. The summed E-state index contributed by atoms with van der Waals surface area (Å²) in [6.07, 6.45) is 6.11. The Labute approximate surface area is 125 Å². The molecule has 1 aliphatic carbocycles. The van der Waals surface area contributed by atoms with Crippen molar-refractivity contribution in [2.75, 3.05) is 12.0 Å². The van der Waals surface area contributed by atoms with Crippen molar-refractivity contribution in [3.63, 3.8) is 0 Å². The highest BCUT2D eigenvalue weighted by molar-refractivity contribution is 7.99. The minimum atomic E-state index is -3.44. The average molecular weight is 314 g/mol. The zero-order chi connectivity index (χ0) is 14.8. The molecule has 0 aliphatic heterocycles. The number of nitrogens with two attached hydrogens (primary N) is 1. The quantitative estimate of drug-likeness (QED) is 0.838. The van der Waals surface area contributed by atoms with E-state index in [1.54, 1.807) is 18.2 Å². The standard InChI is InChI=1S/C14H22N2O2S2/c1-10-9-13(7-8-14(10)15)20(17,18)16-11-3-5-12(19-2)6-4-11/h7-9,11-12,16H,3-6,15H2,1-2H3. The van der Waals surface area contributed by atoms with Gasteiger partial charge in [0.15, 0.2) is 0 Å². The summed E-state index contributed by atoms with van der Waals surface area (Å²) >= 11 is 1.87. The van der Waals surface area contributed by atoms with Gasteiger partial charge in [0.1, 0.15) is 0 Å². The predicted octanol–water partition coefficient (Wildman–Crippen LogP) is 2.53. The Hall–Kier alpha value is -0.720. The molecule has 2 rings (SSSR count). The lowest BCUT2D eigenvalue weighted by Gasteiger charge is -2.27. The Kier molecular flexibility index (Phi) is 4.99. The van der Waals surface area contributed by atoms with Gasteiger partial charge < -0.3 is 5.73 Å². The van der Waals surface area contributed by atoms with E-state index in [1.807, 2.05) is 18.7 Å². The fraction of sp³-hybridized carbons (Fsp3) is 0.571. The lowest BCUT2D eigenvalue weighted by molar-refractivity contribution is 0.420. The van der Waals surface area contributed by atoms with Crippen LogP contribution in [0, 0.1) is 6.92 Å². The Morgan fingerprint density at radius 1 is 1.25 bits per heavy atom. The molecule has 1 aromatic rings. The van der Waals surface area contributed by atoms with Crippen LogP contribution in [-0.4, -0.2) is 26.0 Å². The molecule has 3 N–H and O–H groups in total. The van der Waals surface area contributed by atoms with Crippen molar-refractivity contribution >= 4 is 27.5 Å². The van der Waals surface area contributed by atoms with Crippen molar-refractivity contribution < 1.29 is 8.42 Å². The number of benzene rings is 1. The van der Waals surface area contributed by atoms with Crippen molar-refractivity contribution in [1.29, 1.82) is 0 Å². The Balaban J connectivity index is 2.06. The molecule has 20 heavy (non-hydrogen) atoms. The van der Waals surface area contributed by atoms with Crippen LogP contribution in [0.15, 0.2) is 23.1 Å². The van der Waals surface area contributed by atoms with Gasteiger partial charge in [0.25, 0.3) is 0 Å². The summed E-state index contributed by atoms with van der Waals surface area (Å²) in [5, 5.41) is 0.675. The second-order valence-corrected chi connectivity index (χ2v) is 8.20. The summed E-state index contributed by atoms with van der Waals surface area (Å²) in [6, 6.07) is 4.90. The highest BCUT2D eigenvalue weighted by Crippen LogP contribution is 2.28. The largest absolute Gasteiger partial charge is 0.399 e. The third-order valence-corrected chi connectivity index (χ3v) is 6.54. The topological polar surface area (TPSA) is 72.2 Å². The maximum Gasteiger partial charge on any atom is 0.240 e. The number of thioether (sulfide) groups is 1. The molecule has 0 spiro atoms. The molecule has 1 aromatic carbocycles. The van der Waals surface area contributed by atoms with Gasteiger partial charge in [-0.1, -0.05) is 0 Å². The van der Waals surface area contributed by atoms with Gasteiger partial charge >= 0.3 is 0 Å². The van der Waals surface area contributed by atoms with E-state index < -0.39 is 10.0 Å². The normalized spacial score (nSPS) is 23.7. The van der Waals surface area contributed by atoms with Crippen LogP contribution in [0.4, 0.5) is 5.69 Å². The van der Waals surface area contributed by atoms with Crippen LogP contribution in [0.5, 0.6) is 0 Å². The van der Waals surface area contributed by atoms with Crippen LogP contribution in [-0.2, 0) is 10.0 Å². The fourth-order valence-electron chi connectivity index (χ4n) is 2.52. The summed E-state index contributed by atoms with van der Waals surface area (Å²) in [5.41, 5.74) is 7.14. The van der Waals surface area contributed by atoms with E-state index >= 15 is 0 Å². The Morgan fingerprint density at radius 2 is 1.90 bits per heavy atom. The third kappa shape index (κ3) is 3.68. The molecule has 1 fully saturated rings. The highest BCUT2D eigenvalue weighted by Gasteiger charge is 2.25. The Bertz CT molecular complexity index is 565. The average Bonchev–Trinajstić information content (AvgIpc) is 2.42. The van der Waals surface area contributed by atoms with Crippen LogP contribution in [0.3, 0.4) is 0 Å². The minimum Gasteiger partial charge on any atom is -0.399 e. The first-order chi connectivity index (χ1) is 9.42. The van der Waals surface area contributed by atoms with Crippen LogP contribution in [0.25, 0.3) is 0 Å². The van der Waals surface area contributed by atoms with Crippen LogP contribution in [0.1, 0.15) is 31.2 Å². The van der Waals surface area contributed by atoms with Crippen molar-refractivity contribution in [3.05, 3.63) is 23.8 Å². The van der Waals surface area contributed by atoms with E-state index in [-0.39, 0.29) is 6.04 Å². The molecular formula is C14H22N2O2S2. The molecule has 0 saturated heterocycles. The van der Waals surface area contributed by atoms with Gasteiger partial charge in [-0.05, 0) is 62.6 Å². The van der Waals surface area contributed by atoms with Gasteiger partial charge in [-0.2, -0.15) is 11.8 Å². The van der Waals surface area contributed by atoms with Crippen molar-refractivity contribution in [2.45, 2.75) is 48.8 Å². The molecule has 0 heterocycles. The van der Waals surface area contributed by atoms with E-state index in [0.29, 0.717) is 15.8 Å². The minimum absolute atomic E-state index is 0.0567. The second-order valence-electron chi connectivity index (χ2n) is 5.35. The van der Waals surface area contributed by atoms with E-state index in [9.17, 15) is 8.42 Å². The second kappa shape index (κ2) is 6.37. The van der Waals surface area contributed by atoms with E-state index in [0.717, 1.165) is 31.2 Å². The fourth-order valence-corrected chi connectivity index (χ4v) is 4.65. The molecule has 0 radical (unpaired) electrons. The predicted molar refractivity (Wildman–Crippen MR) is 85.5 cm³/mol. The van der Waals surface area contributed by atoms with Crippen LogP contribution < -0.4 is 10.5 Å². The summed E-state index contributed by atoms with van der Waals surface area (Å²) < 4.78 is 27.5. The molecule has 6 heteroatoms. The number of hydrogen-bond donors (Lipinski definition) is 2. The zero-order valence-electron chi connectivity index (χ0n) is 11.9. The van der Waals surface area contributed by atoms with Gasteiger partial charge in [-0.15, -0.1) is 0 Å². The van der Waals surface area contributed by atoms with Gasteiger partial charge in [-0.25, -0.2) is 13.1 Å². The first-order valence-corrected chi connectivity index (χ1v) is 9.60. The third-order valence-electron chi connectivity index (χ3n) is 3.88. The lowest BCUT2D eigenvalue weighted by atomic mass is 9.96. The van der Waals surface area contributed by atoms with Gasteiger partial charge in [0.2, 0.25) is 10.0 Å². The number of anilines is 1. The van der Waals surface area contributed by atoms with Crippen molar-refractivity contribution in [3.8, 4) is 0 Å². The van der Waals surface area contributed by atoms with Crippen molar-refractivity contribution in [1.82, 2.24) is 4.72 Å². The first kappa shape index (κ1) is 15.7. The maximum atomic E-state index is 12.4. The van der Waals surface area contributed by atoms with E-state index in [4.69, 9.17) is 5.73 Å². The van der Waals surface area contributed by atoms with Gasteiger partial charge in [0.05, 0.1) is 4.90 Å². The number of rotatable bonds is 4. The molecule has 0 unspecified atom stereocenters. The summed E-state index contributed by atoms with van der Waals surface area (Å²) in [5.74, 6) is 0. The van der Waals surface area contributed by atoms with Gasteiger partial charge in [-0.3, -0.25) is 0 Å². The number of nitrogens with one attached hydrogen (secondary N) is 1. The summed E-state index contributed by atoms with van der Waals surface area (Å²) in [7, 11) is -3.44. The molecule has 0 bridgehead atoms. The van der Waals surface area contributed by atoms with Crippen LogP contribution >= 0.6 is 11.8 Å². The summed E-state index contributed by atoms with van der Waals surface area (Å²) in [4.78, 5) is 0.302. The highest BCUT2D eigenvalue weighted by atomic mass is 32.2. The molecule has 0 atom stereocenters. The molecule has 4 nitrogen and oxygen atoms in total. The zero-order valence-corrected chi connectivity index (χ0v) is 13.6. The van der Waals surface area contributed by atoms with Crippen molar-refractivity contribution in [2.24, 2.45) is 0 Å². The molecule has 0 amide bonds. The maximum absolute atomic E-state index is 12.4. The van der Waals surface area contributed by atoms with E-state index in [1.165, 1.54) is 0 Å². The number of aryl methyl sites for hydroxylation is 1. The van der Waals surface area contributed by atoms with Crippen LogP contribution in [0.2, 0.25) is 0 Å². The number of nitrogen functional groups attached to an aromatic ring is 1. The number of hydrogen-bond acceptors (Lipinski definition) is 4. The SMILES string of the molecule is CSC1CCC(NS(=O)(=O)c2ccc(N)c(C)c2)CC1. The Morgan fingerprint density at radius 3 is 2.45 bits per heavy atom. The monoisotopic (exact) mass is 314 g/mol. The number of sulfonamides is 1. The first-order valence-electron chi connectivity index (χ1n) is 6.83. The molecule has 0 aromatic heterocycles. The van der Waals surface area contributed by atoms with Gasteiger partial charge in [0, 0.05) is 17.0 Å². The summed E-state index contributed by atoms with van der Waals surface area (Å²) in [6.45, 7) is 1.82. The molecular weight excluding hydrogens is 292 g/mol. The van der Waals surface area contributed by atoms with E-state index in [2.05, 4.69) is 11.0 Å².